The highest BCUT2D eigenvalue weighted by Crippen LogP contribution is 2.51. The van der Waals surface area contributed by atoms with Crippen molar-refractivity contribution in [3.8, 4) is 45.3 Å². The molecule has 72 heavy (non-hydrogen) atoms. The molecule has 7 rings (SSSR count). The van der Waals surface area contributed by atoms with Gasteiger partial charge in [0, 0.05) is 24.3 Å². The summed E-state index contributed by atoms with van der Waals surface area (Å²) in [5.41, 5.74) is 1.22. The van der Waals surface area contributed by atoms with Gasteiger partial charge in [-0.1, -0.05) is 51.6 Å². The lowest BCUT2D eigenvalue weighted by Gasteiger charge is -2.21. The van der Waals surface area contributed by atoms with Crippen LogP contribution < -0.4 is 18.9 Å². The van der Waals surface area contributed by atoms with E-state index in [1.807, 2.05) is 44.2 Å². The van der Waals surface area contributed by atoms with Crippen molar-refractivity contribution in [3.63, 3.8) is 0 Å². The molecule has 0 aliphatic heterocycles. The predicted octanol–water partition coefficient (Wildman–Crippen LogP) is 14.0. The van der Waals surface area contributed by atoms with E-state index >= 15 is 0 Å². The first-order valence-electron chi connectivity index (χ1n) is 23.9. The lowest BCUT2D eigenvalue weighted by Crippen LogP contribution is -2.22. The smallest absolute Gasteiger partial charge is 0.420 e. The first-order chi connectivity index (χ1) is 34.4. The van der Waals surface area contributed by atoms with E-state index in [1.165, 1.54) is 24.3 Å². The maximum atomic E-state index is 14.8. The van der Waals surface area contributed by atoms with Crippen molar-refractivity contribution in [2.45, 2.75) is 103 Å². The van der Waals surface area contributed by atoms with Crippen LogP contribution in [0, 0.1) is 0 Å². The van der Waals surface area contributed by atoms with Crippen molar-refractivity contribution in [3.05, 3.63) is 142 Å². The van der Waals surface area contributed by atoms with Gasteiger partial charge in [-0.25, -0.2) is 14.4 Å². The van der Waals surface area contributed by atoms with Crippen molar-refractivity contribution in [2.75, 3.05) is 26.4 Å². The summed E-state index contributed by atoms with van der Waals surface area (Å²) in [5, 5.41) is 0. The van der Waals surface area contributed by atoms with E-state index in [-0.39, 0.29) is 28.9 Å². The number of unbranched alkanes of at least 4 members (excludes halogenated alkanes) is 6. The number of benzene rings is 5. The quantitative estimate of drug-likeness (QED) is 0.0218. The fourth-order valence-electron chi connectivity index (χ4n) is 9.02. The molecular formula is C56H54F6O10. The molecule has 0 saturated heterocycles. The SMILES string of the molecule is C=CC(=O)OCCCCCCOc1ccc2c(c1)C(C)c1cc(C(=O)Oc3ccc(OC(=O)c4ccc5c(c4)C(C)c4cc(OCCCCCCOC(=O)CC)ccc4-5)c(C(F)(F)F)c3C(F)(F)F)ccc1-2. The molecule has 0 N–H and O–H groups in total. The molecule has 2 aliphatic rings. The molecule has 2 unspecified atom stereocenters. The van der Waals surface area contributed by atoms with Crippen LogP contribution in [0.15, 0.2) is 97.6 Å². The number of fused-ring (bicyclic) bond motifs is 6. The zero-order chi connectivity index (χ0) is 51.7. The largest absolute Gasteiger partial charge is 0.494 e. The van der Waals surface area contributed by atoms with Crippen molar-refractivity contribution in [2.24, 2.45) is 0 Å². The fraction of sp³-hybridized carbons (Fsp3) is 0.357. The molecule has 380 valence electrons. The summed E-state index contributed by atoms with van der Waals surface area (Å²) in [4.78, 5) is 49.5. The maximum Gasteiger partial charge on any atom is 0.420 e. The van der Waals surface area contributed by atoms with Crippen LogP contribution >= 0.6 is 0 Å². The Kier molecular flexibility index (Phi) is 16.8. The number of hydrogen-bond donors (Lipinski definition) is 0. The van der Waals surface area contributed by atoms with Crippen LogP contribution in [-0.4, -0.2) is 50.3 Å². The first-order valence-corrected chi connectivity index (χ1v) is 23.9. The molecule has 5 aromatic rings. The molecule has 0 spiro atoms. The van der Waals surface area contributed by atoms with E-state index < -0.39 is 52.9 Å². The Hall–Kier alpha value is -7.10. The van der Waals surface area contributed by atoms with Gasteiger partial charge in [-0.2, -0.15) is 26.3 Å². The number of carbonyl (C=O) groups excluding carboxylic acids is 4. The second-order valence-corrected chi connectivity index (χ2v) is 17.6. The summed E-state index contributed by atoms with van der Waals surface area (Å²) in [5.74, 6) is -5.54. The average molecular weight is 1000 g/mol. The third kappa shape index (κ3) is 12.3. The molecule has 0 saturated carbocycles. The molecular weight excluding hydrogens is 947 g/mol. The van der Waals surface area contributed by atoms with Crippen molar-refractivity contribution >= 4 is 23.9 Å². The number of hydrogen-bond acceptors (Lipinski definition) is 10. The fourth-order valence-corrected chi connectivity index (χ4v) is 9.02. The maximum absolute atomic E-state index is 14.8. The summed E-state index contributed by atoms with van der Waals surface area (Å²) in [6, 6.07) is 20.9. The Labute approximate surface area is 413 Å². The molecule has 2 atom stereocenters. The highest BCUT2D eigenvalue weighted by Gasteiger charge is 2.49. The molecule has 0 amide bonds. The van der Waals surface area contributed by atoms with Gasteiger partial charge < -0.3 is 28.4 Å². The van der Waals surface area contributed by atoms with E-state index in [0.29, 0.717) is 74.0 Å². The number of carbonyl (C=O) groups is 4. The van der Waals surface area contributed by atoms with Crippen LogP contribution in [0.3, 0.4) is 0 Å². The number of ether oxygens (including phenoxy) is 6. The zero-order valence-electron chi connectivity index (χ0n) is 40.1. The molecule has 0 heterocycles. The lowest BCUT2D eigenvalue weighted by molar-refractivity contribution is -0.163. The van der Waals surface area contributed by atoms with Gasteiger partial charge in [0.05, 0.1) is 37.6 Å². The van der Waals surface area contributed by atoms with Gasteiger partial charge in [-0.05, 0) is 157 Å². The summed E-state index contributed by atoms with van der Waals surface area (Å²) in [6.07, 6.45) is -3.52. The average Bonchev–Trinajstić information content (AvgIpc) is 3.79. The van der Waals surface area contributed by atoms with Crippen molar-refractivity contribution in [1.29, 1.82) is 0 Å². The third-order valence-electron chi connectivity index (χ3n) is 12.7. The van der Waals surface area contributed by atoms with Crippen molar-refractivity contribution < 1.29 is 73.9 Å². The number of rotatable bonds is 22. The molecule has 0 fully saturated rings. The number of alkyl halides is 6. The standard InChI is InChI=1S/C56H54F6O10/c1-5-49(63)69-27-13-9-7-11-25-67-37-17-21-41-39-19-15-35(29-43(39)33(3)45(41)31-37)53(65)71-47-23-24-48(52(56(60,61)62)51(47)55(57,58)59)72-54(66)36-16-20-40-42-22-18-38(32-46(42)34(4)44(40)30-36)68-26-12-8-10-14-28-70-50(64)6-2/h5,15-24,29-34H,1,6-14,25-28H2,2-4H3. The molecule has 0 aromatic heterocycles. The van der Waals surface area contributed by atoms with Crippen LogP contribution in [0.25, 0.3) is 22.3 Å². The minimum absolute atomic E-state index is 0.197. The molecule has 2 aliphatic carbocycles. The molecule has 0 radical (unpaired) electrons. The Balaban J connectivity index is 1.00. The van der Waals surface area contributed by atoms with Gasteiger partial charge in [0.15, 0.2) is 0 Å². The van der Waals surface area contributed by atoms with Crippen LogP contribution in [-0.2, 0) is 31.4 Å². The highest BCUT2D eigenvalue weighted by molar-refractivity contribution is 5.95. The molecule has 10 nitrogen and oxygen atoms in total. The lowest BCUT2D eigenvalue weighted by atomic mass is 9.97. The summed E-state index contributed by atoms with van der Waals surface area (Å²) < 4.78 is 121. The summed E-state index contributed by atoms with van der Waals surface area (Å²) in [6.45, 7) is 10.4. The number of halogens is 6. The van der Waals surface area contributed by atoms with Gasteiger partial charge >= 0.3 is 36.2 Å². The monoisotopic (exact) mass is 1000 g/mol. The second-order valence-electron chi connectivity index (χ2n) is 17.6. The molecule has 0 bridgehead atoms. The minimum Gasteiger partial charge on any atom is -0.494 e. The normalized spacial score (nSPS) is 14.3. The Bertz CT molecular complexity index is 2830. The van der Waals surface area contributed by atoms with Gasteiger partial charge in [0.25, 0.3) is 0 Å². The van der Waals surface area contributed by atoms with Gasteiger partial charge in [-0.15, -0.1) is 0 Å². The second kappa shape index (κ2) is 23.0. The third-order valence-corrected chi connectivity index (χ3v) is 12.7. The van der Waals surface area contributed by atoms with Crippen LogP contribution in [0.2, 0.25) is 0 Å². The minimum atomic E-state index is -5.72. The summed E-state index contributed by atoms with van der Waals surface area (Å²) >= 11 is 0. The zero-order valence-corrected chi connectivity index (χ0v) is 40.1. The van der Waals surface area contributed by atoms with Crippen LogP contribution in [0.4, 0.5) is 26.3 Å². The number of esters is 4. The molecule has 5 aromatic carbocycles. The van der Waals surface area contributed by atoms with E-state index in [0.717, 1.165) is 84.4 Å². The van der Waals surface area contributed by atoms with Crippen LogP contribution in [0.1, 0.15) is 144 Å². The Morgan fingerprint density at radius 3 is 1.28 bits per heavy atom. The van der Waals surface area contributed by atoms with Gasteiger partial charge in [-0.3, -0.25) is 4.79 Å². The van der Waals surface area contributed by atoms with Gasteiger partial charge in [0.2, 0.25) is 0 Å². The van der Waals surface area contributed by atoms with E-state index in [4.69, 9.17) is 28.4 Å². The van der Waals surface area contributed by atoms with E-state index in [1.54, 1.807) is 25.1 Å². The summed E-state index contributed by atoms with van der Waals surface area (Å²) in [7, 11) is 0. The Morgan fingerprint density at radius 1 is 0.514 bits per heavy atom. The first kappa shape index (κ1) is 52.7. The molecule has 16 heteroatoms. The van der Waals surface area contributed by atoms with Crippen molar-refractivity contribution in [1.82, 2.24) is 0 Å². The highest BCUT2D eigenvalue weighted by atomic mass is 19.4. The Morgan fingerprint density at radius 2 is 0.889 bits per heavy atom. The van der Waals surface area contributed by atoms with Gasteiger partial charge in [0.1, 0.15) is 34.1 Å². The predicted molar refractivity (Wildman–Crippen MR) is 255 cm³/mol. The van der Waals surface area contributed by atoms with E-state index in [2.05, 4.69) is 6.58 Å². The topological polar surface area (TPSA) is 124 Å². The van der Waals surface area contributed by atoms with Crippen LogP contribution in [0.5, 0.6) is 23.0 Å². The van der Waals surface area contributed by atoms with E-state index in [9.17, 15) is 45.5 Å².